The van der Waals surface area contributed by atoms with Crippen LogP contribution in [-0.4, -0.2) is 4.98 Å². The highest BCUT2D eigenvalue weighted by Crippen LogP contribution is 2.29. The lowest BCUT2D eigenvalue weighted by molar-refractivity contribution is 0.619. The number of fused-ring (bicyclic) bond motifs is 1. The maximum atomic E-state index is 5.86. The summed E-state index contributed by atoms with van der Waals surface area (Å²) in [4.78, 5) is 4.61. The molecule has 0 aliphatic heterocycles. The van der Waals surface area contributed by atoms with Gasteiger partial charge in [-0.2, -0.15) is 0 Å². The Labute approximate surface area is 127 Å². The Hall–Kier alpha value is -1.61. The molecule has 102 valence electrons. The quantitative estimate of drug-likeness (QED) is 0.603. The zero-order chi connectivity index (χ0) is 14.3. The first-order valence-electron chi connectivity index (χ1n) is 6.71. The van der Waals surface area contributed by atoms with Crippen molar-refractivity contribution >= 4 is 27.0 Å². The van der Waals surface area contributed by atoms with Gasteiger partial charge in [-0.15, -0.1) is 0 Å². The molecule has 2 aromatic carbocycles. The lowest BCUT2D eigenvalue weighted by Gasteiger charge is -2.02. The molecule has 0 radical (unpaired) electrons. The molecule has 0 N–H and O–H groups in total. The number of benzene rings is 2. The third-order valence-corrected chi connectivity index (χ3v) is 4.37. The van der Waals surface area contributed by atoms with Crippen LogP contribution in [0.3, 0.4) is 0 Å². The van der Waals surface area contributed by atoms with Crippen LogP contribution in [0.1, 0.15) is 30.9 Å². The predicted octanol–water partition coefficient (Wildman–Crippen LogP) is 5.69. The topological polar surface area (TPSA) is 26.0 Å². The van der Waals surface area contributed by atoms with E-state index in [4.69, 9.17) is 4.42 Å². The molecule has 1 heterocycles. The molecular weight excluding hydrogens is 314 g/mol. The average Bonchev–Trinajstić information content (AvgIpc) is 2.84. The first-order valence-corrected chi connectivity index (χ1v) is 7.51. The van der Waals surface area contributed by atoms with Gasteiger partial charge in [0.2, 0.25) is 5.89 Å². The lowest BCUT2D eigenvalue weighted by atomic mass is 10.0. The van der Waals surface area contributed by atoms with Crippen molar-refractivity contribution < 1.29 is 4.42 Å². The molecule has 3 rings (SSSR count). The van der Waals surface area contributed by atoms with Crippen molar-refractivity contribution in [3.05, 3.63) is 52.0 Å². The van der Waals surface area contributed by atoms with E-state index in [0.717, 1.165) is 21.1 Å². The molecule has 0 bridgehead atoms. The summed E-state index contributed by atoms with van der Waals surface area (Å²) in [5.41, 5.74) is 5.22. The van der Waals surface area contributed by atoms with Crippen LogP contribution in [0, 0.1) is 6.92 Å². The van der Waals surface area contributed by atoms with Crippen LogP contribution < -0.4 is 0 Å². The Morgan fingerprint density at radius 3 is 2.60 bits per heavy atom. The van der Waals surface area contributed by atoms with Gasteiger partial charge in [0.15, 0.2) is 5.58 Å². The minimum atomic E-state index is 0.495. The maximum Gasteiger partial charge on any atom is 0.227 e. The van der Waals surface area contributed by atoms with Gasteiger partial charge in [0.05, 0.1) is 0 Å². The summed E-state index contributed by atoms with van der Waals surface area (Å²) < 4.78 is 6.95. The monoisotopic (exact) mass is 329 g/mol. The number of halogens is 1. The molecule has 0 spiro atoms. The number of nitrogens with zero attached hydrogens (tertiary/aromatic N) is 1. The van der Waals surface area contributed by atoms with Gasteiger partial charge >= 0.3 is 0 Å². The second kappa shape index (κ2) is 5.06. The molecule has 0 atom stereocenters. The Kier molecular flexibility index (Phi) is 3.38. The highest BCUT2D eigenvalue weighted by molar-refractivity contribution is 9.10. The van der Waals surface area contributed by atoms with Crippen LogP contribution in [-0.2, 0) is 0 Å². The molecule has 0 unspecified atom stereocenters. The van der Waals surface area contributed by atoms with Gasteiger partial charge in [0.25, 0.3) is 0 Å². The number of hydrogen-bond acceptors (Lipinski definition) is 2. The fourth-order valence-corrected chi connectivity index (χ4v) is 2.45. The summed E-state index contributed by atoms with van der Waals surface area (Å²) in [5.74, 6) is 1.17. The molecule has 0 aliphatic rings. The van der Waals surface area contributed by atoms with Gasteiger partial charge in [-0.3, -0.25) is 0 Å². The predicted molar refractivity (Wildman–Crippen MR) is 86.0 cm³/mol. The number of hydrogen-bond donors (Lipinski definition) is 0. The molecule has 0 saturated carbocycles. The second-order valence-corrected chi connectivity index (χ2v) is 6.22. The SMILES string of the molecule is Cc1cc(-c2nc3cc(C(C)C)ccc3o2)ccc1Br. The fourth-order valence-electron chi connectivity index (χ4n) is 2.20. The van der Waals surface area contributed by atoms with Crippen molar-refractivity contribution in [1.29, 1.82) is 0 Å². The maximum absolute atomic E-state index is 5.86. The lowest BCUT2D eigenvalue weighted by Crippen LogP contribution is -1.85. The van der Waals surface area contributed by atoms with E-state index in [1.165, 1.54) is 11.1 Å². The van der Waals surface area contributed by atoms with Crippen LogP contribution >= 0.6 is 15.9 Å². The fraction of sp³-hybridized carbons (Fsp3) is 0.235. The summed E-state index contributed by atoms with van der Waals surface area (Å²) in [6.45, 7) is 6.42. The van der Waals surface area contributed by atoms with Gasteiger partial charge in [0.1, 0.15) is 5.52 Å². The Bertz CT molecular complexity index is 774. The normalized spacial score (nSPS) is 11.4. The smallest absolute Gasteiger partial charge is 0.227 e. The molecule has 1 aromatic heterocycles. The molecule has 0 aliphatic carbocycles. The van der Waals surface area contributed by atoms with Crippen molar-refractivity contribution in [2.75, 3.05) is 0 Å². The van der Waals surface area contributed by atoms with Crippen LogP contribution in [0.15, 0.2) is 45.3 Å². The first kappa shape index (κ1) is 13.4. The molecule has 0 saturated heterocycles. The highest BCUT2D eigenvalue weighted by atomic mass is 79.9. The minimum Gasteiger partial charge on any atom is -0.436 e. The van der Waals surface area contributed by atoms with E-state index in [2.05, 4.69) is 59.9 Å². The molecule has 2 nitrogen and oxygen atoms in total. The number of oxazole rings is 1. The van der Waals surface area contributed by atoms with Crippen molar-refractivity contribution in [1.82, 2.24) is 4.98 Å². The first-order chi connectivity index (χ1) is 9.54. The van der Waals surface area contributed by atoms with E-state index in [-0.39, 0.29) is 0 Å². The van der Waals surface area contributed by atoms with E-state index in [1.54, 1.807) is 0 Å². The van der Waals surface area contributed by atoms with Crippen LogP contribution in [0.4, 0.5) is 0 Å². The van der Waals surface area contributed by atoms with Crippen molar-refractivity contribution in [2.45, 2.75) is 26.7 Å². The summed E-state index contributed by atoms with van der Waals surface area (Å²) in [6.07, 6.45) is 0. The standard InChI is InChI=1S/C17H16BrNO/c1-10(2)12-5-7-16-15(9-12)19-17(20-16)13-4-6-14(18)11(3)8-13/h4-10H,1-3H3. The zero-order valence-corrected chi connectivity index (χ0v) is 13.4. The van der Waals surface area contributed by atoms with E-state index >= 15 is 0 Å². The van der Waals surface area contributed by atoms with Gasteiger partial charge in [-0.25, -0.2) is 4.98 Å². The van der Waals surface area contributed by atoms with Gasteiger partial charge in [-0.05, 0) is 54.3 Å². The van der Waals surface area contributed by atoms with Crippen LogP contribution in [0.2, 0.25) is 0 Å². The highest BCUT2D eigenvalue weighted by Gasteiger charge is 2.10. The Balaban J connectivity index is 2.10. The van der Waals surface area contributed by atoms with Crippen molar-refractivity contribution in [3.8, 4) is 11.5 Å². The van der Waals surface area contributed by atoms with E-state index in [9.17, 15) is 0 Å². The second-order valence-electron chi connectivity index (χ2n) is 5.36. The summed E-state index contributed by atoms with van der Waals surface area (Å²) in [7, 11) is 0. The zero-order valence-electron chi connectivity index (χ0n) is 11.8. The van der Waals surface area contributed by atoms with E-state index in [0.29, 0.717) is 11.8 Å². The van der Waals surface area contributed by atoms with Crippen LogP contribution in [0.5, 0.6) is 0 Å². The number of aryl methyl sites for hydroxylation is 1. The van der Waals surface area contributed by atoms with E-state index < -0.39 is 0 Å². The largest absolute Gasteiger partial charge is 0.436 e. The molecule has 0 amide bonds. The third kappa shape index (κ3) is 2.38. The third-order valence-electron chi connectivity index (χ3n) is 3.48. The van der Waals surface area contributed by atoms with Gasteiger partial charge in [0, 0.05) is 10.0 Å². The minimum absolute atomic E-state index is 0.495. The van der Waals surface area contributed by atoms with Crippen molar-refractivity contribution in [2.24, 2.45) is 0 Å². The molecular formula is C17H16BrNO. The molecule has 3 heteroatoms. The van der Waals surface area contributed by atoms with Crippen LogP contribution in [0.25, 0.3) is 22.6 Å². The van der Waals surface area contributed by atoms with Gasteiger partial charge in [-0.1, -0.05) is 35.8 Å². The Morgan fingerprint density at radius 2 is 1.90 bits per heavy atom. The van der Waals surface area contributed by atoms with Crippen molar-refractivity contribution in [3.63, 3.8) is 0 Å². The Morgan fingerprint density at radius 1 is 1.10 bits per heavy atom. The molecule has 3 aromatic rings. The summed E-state index contributed by atoms with van der Waals surface area (Å²) in [5, 5.41) is 0. The molecule has 20 heavy (non-hydrogen) atoms. The number of aromatic nitrogens is 1. The summed E-state index contributed by atoms with van der Waals surface area (Å²) >= 11 is 3.51. The van der Waals surface area contributed by atoms with Gasteiger partial charge < -0.3 is 4.42 Å². The summed E-state index contributed by atoms with van der Waals surface area (Å²) in [6, 6.07) is 12.3. The van der Waals surface area contributed by atoms with E-state index in [1.807, 2.05) is 18.2 Å². The average molecular weight is 330 g/mol. The molecule has 0 fully saturated rings. The number of rotatable bonds is 2.